The van der Waals surface area contributed by atoms with Gasteiger partial charge in [0, 0.05) is 34.9 Å². The first-order valence-electron chi connectivity index (χ1n) is 5.49. The maximum absolute atomic E-state index is 11.6. The van der Waals surface area contributed by atoms with Crippen LogP contribution in [0.1, 0.15) is 20.8 Å². The number of carboxylic acid groups (broad SMARTS) is 1. The molecule has 2 amide bonds. The van der Waals surface area contributed by atoms with Gasteiger partial charge in [0.05, 0.1) is 0 Å². The predicted octanol–water partition coefficient (Wildman–Crippen LogP) is 0.260. The third kappa shape index (κ3) is 6.93. The summed E-state index contributed by atoms with van der Waals surface area (Å²) in [5.41, 5.74) is 0. The summed E-state index contributed by atoms with van der Waals surface area (Å²) >= 11 is 0. The van der Waals surface area contributed by atoms with Gasteiger partial charge in [0.25, 0.3) is 0 Å². The lowest BCUT2D eigenvalue weighted by atomic mass is 10.3. The zero-order valence-electron chi connectivity index (χ0n) is 10.4. The van der Waals surface area contributed by atoms with Crippen molar-refractivity contribution in [1.29, 1.82) is 0 Å². The number of carbonyl (C=O) groups is 2. The molecule has 0 aromatic heterocycles. The van der Waals surface area contributed by atoms with Crippen LogP contribution in [0.15, 0.2) is 0 Å². The number of hydrogen-bond acceptors (Lipinski definition) is 3. The molecule has 2 N–H and O–H groups in total. The van der Waals surface area contributed by atoms with Crippen LogP contribution >= 0.6 is 0 Å². The van der Waals surface area contributed by atoms with Crippen LogP contribution < -0.4 is 5.32 Å². The quantitative estimate of drug-likeness (QED) is 0.690. The first kappa shape index (κ1) is 15.9. The highest BCUT2D eigenvalue weighted by molar-refractivity contribution is 7.84. The highest BCUT2D eigenvalue weighted by Crippen LogP contribution is 1.98. The summed E-state index contributed by atoms with van der Waals surface area (Å²) in [6.45, 7) is 5.25. The van der Waals surface area contributed by atoms with E-state index < -0.39 is 22.8 Å². The summed E-state index contributed by atoms with van der Waals surface area (Å²) in [6, 6.07) is -0.627. The van der Waals surface area contributed by atoms with Crippen molar-refractivity contribution in [2.24, 2.45) is 0 Å². The van der Waals surface area contributed by atoms with Crippen molar-refractivity contribution in [2.45, 2.75) is 26.8 Å². The second-order valence-electron chi connectivity index (χ2n) is 3.78. The Balaban J connectivity index is 4.15. The maximum Gasteiger partial charge on any atom is 0.323 e. The Morgan fingerprint density at radius 3 is 2.41 bits per heavy atom. The molecule has 0 aliphatic heterocycles. The van der Waals surface area contributed by atoms with E-state index in [1.54, 1.807) is 13.8 Å². The van der Waals surface area contributed by atoms with E-state index in [0.29, 0.717) is 18.1 Å². The fraction of sp³-hybridized carbons (Fsp3) is 0.800. The smallest absolute Gasteiger partial charge is 0.323 e. The first-order chi connectivity index (χ1) is 7.88. The molecule has 0 heterocycles. The zero-order chi connectivity index (χ0) is 13.4. The largest absolute Gasteiger partial charge is 0.480 e. The summed E-state index contributed by atoms with van der Waals surface area (Å²) in [5.74, 6) is -0.105. The van der Waals surface area contributed by atoms with Crippen molar-refractivity contribution in [3.8, 4) is 0 Å². The van der Waals surface area contributed by atoms with Crippen molar-refractivity contribution in [3.63, 3.8) is 0 Å². The third-order valence-electron chi connectivity index (χ3n) is 2.12. The Bertz CT molecular complexity index is 294. The topological polar surface area (TPSA) is 86.7 Å². The number of rotatable bonds is 7. The molecular weight excluding hydrogens is 244 g/mol. The maximum atomic E-state index is 11.6. The minimum absolute atomic E-state index is 0.192. The van der Waals surface area contributed by atoms with Gasteiger partial charge in [-0.15, -0.1) is 0 Å². The molecule has 0 radical (unpaired) electrons. The summed E-state index contributed by atoms with van der Waals surface area (Å²) < 4.78 is 11.1. The van der Waals surface area contributed by atoms with E-state index in [9.17, 15) is 13.8 Å². The van der Waals surface area contributed by atoms with Crippen molar-refractivity contribution in [1.82, 2.24) is 10.2 Å². The Hall–Kier alpha value is -1.11. The van der Waals surface area contributed by atoms with Crippen LogP contribution in [-0.4, -0.2) is 56.9 Å². The Morgan fingerprint density at radius 1 is 1.41 bits per heavy atom. The van der Waals surface area contributed by atoms with Crippen LogP contribution in [0, 0.1) is 0 Å². The van der Waals surface area contributed by atoms with E-state index in [0.717, 1.165) is 0 Å². The number of amides is 2. The Kier molecular flexibility index (Phi) is 7.53. The number of urea groups is 1. The second kappa shape index (κ2) is 8.05. The van der Waals surface area contributed by atoms with Gasteiger partial charge in [0.2, 0.25) is 0 Å². The van der Waals surface area contributed by atoms with Crippen LogP contribution in [0.2, 0.25) is 0 Å². The van der Waals surface area contributed by atoms with Crippen LogP contribution in [0.3, 0.4) is 0 Å². The van der Waals surface area contributed by atoms with Crippen molar-refractivity contribution >= 4 is 22.8 Å². The number of carboxylic acids is 1. The van der Waals surface area contributed by atoms with E-state index in [2.05, 4.69) is 5.32 Å². The average molecular weight is 264 g/mol. The third-order valence-corrected chi connectivity index (χ3v) is 3.42. The lowest BCUT2D eigenvalue weighted by molar-refractivity contribution is -0.138. The Labute approximate surface area is 104 Å². The van der Waals surface area contributed by atoms with Gasteiger partial charge in [-0.2, -0.15) is 0 Å². The monoisotopic (exact) mass is 264 g/mol. The van der Waals surface area contributed by atoms with Crippen LogP contribution in [0.4, 0.5) is 4.79 Å². The number of aliphatic carboxylic acids is 1. The molecule has 100 valence electrons. The van der Waals surface area contributed by atoms with Crippen LogP contribution in [0.25, 0.3) is 0 Å². The number of hydrogen-bond donors (Lipinski definition) is 2. The van der Waals surface area contributed by atoms with Gasteiger partial charge in [-0.1, -0.05) is 6.92 Å². The molecule has 7 heteroatoms. The SMILES string of the molecule is CCS(=O)CCNC(=O)N(CC(=O)O)C(C)C. The first-order valence-corrected chi connectivity index (χ1v) is 6.98. The summed E-state index contributed by atoms with van der Waals surface area (Å²) in [4.78, 5) is 23.4. The molecule has 0 spiro atoms. The summed E-state index contributed by atoms with van der Waals surface area (Å²) in [7, 11) is -0.928. The van der Waals surface area contributed by atoms with Crippen LogP contribution in [-0.2, 0) is 15.6 Å². The van der Waals surface area contributed by atoms with Gasteiger partial charge in [-0.25, -0.2) is 4.79 Å². The molecule has 0 saturated carbocycles. The fourth-order valence-corrected chi connectivity index (χ4v) is 1.77. The standard InChI is InChI=1S/C10H20N2O4S/c1-4-17(16)6-5-11-10(15)12(8(2)3)7-9(13)14/h8H,4-7H2,1-3H3,(H,11,15)(H,13,14). The summed E-state index contributed by atoms with van der Waals surface area (Å²) in [6.07, 6.45) is 0. The molecule has 0 aliphatic rings. The molecule has 0 aromatic rings. The van der Waals surface area contributed by atoms with E-state index in [1.807, 2.05) is 6.92 Å². The molecule has 0 fully saturated rings. The normalized spacial score (nSPS) is 12.2. The minimum Gasteiger partial charge on any atom is -0.480 e. The number of nitrogens with one attached hydrogen (secondary N) is 1. The molecule has 0 aromatic carbocycles. The van der Waals surface area contributed by atoms with E-state index >= 15 is 0 Å². The average Bonchev–Trinajstić information content (AvgIpc) is 2.24. The van der Waals surface area contributed by atoms with Crippen molar-refractivity contribution in [2.75, 3.05) is 24.6 Å². The van der Waals surface area contributed by atoms with E-state index in [-0.39, 0.29) is 12.6 Å². The molecule has 0 bridgehead atoms. The van der Waals surface area contributed by atoms with E-state index in [4.69, 9.17) is 5.11 Å². The molecule has 1 unspecified atom stereocenters. The molecule has 0 saturated heterocycles. The molecule has 1 atom stereocenters. The molecule has 6 nitrogen and oxygen atoms in total. The predicted molar refractivity (Wildman–Crippen MR) is 66.4 cm³/mol. The number of nitrogens with zero attached hydrogens (tertiary/aromatic N) is 1. The van der Waals surface area contributed by atoms with E-state index in [1.165, 1.54) is 4.90 Å². The summed E-state index contributed by atoms with van der Waals surface area (Å²) in [5, 5.41) is 11.2. The van der Waals surface area contributed by atoms with Gasteiger partial charge in [-0.05, 0) is 13.8 Å². The van der Waals surface area contributed by atoms with Gasteiger partial charge in [0.15, 0.2) is 0 Å². The minimum atomic E-state index is -1.05. The lowest BCUT2D eigenvalue weighted by Gasteiger charge is -2.25. The molecular formula is C10H20N2O4S. The molecule has 0 aliphatic carbocycles. The molecule has 17 heavy (non-hydrogen) atoms. The number of carbonyl (C=O) groups excluding carboxylic acids is 1. The van der Waals surface area contributed by atoms with Gasteiger partial charge >= 0.3 is 12.0 Å². The van der Waals surface area contributed by atoms with Gasteiger partial charge in [0.1, 0.15) is 6.54 Å². The van der Waals surface area contributed by atoms with Gasteiger partial charge < -0.3 is 15.3 Å². The van der Waals surface area contributed by atoms with Crippen LogP contribution in [0.5, 0.6) is 0 Å². The fourth-order valence-electron chi connectivity index (χ4n) is 1.15. The second-order valence-corrected chi connectivity index (χ2v) is 5.65. The Morgan fingerprint density at radius 2 is 2.00 bits per heavy atom. The van der Waals surface area contributed by atoms with Gasteiger partial charge in [-0.3, -0.25) is 9.00 Å². The lowest BCUT2D eigenvalue weighted by Crippen LogP contribution is -2.47. The zero-order valence-corrected chi connectivity index (χ0v) is 11.2. The molecule has 0 rings (SSSR count). The highest BCUT2D eigenvalue weighted by Gasteiger charge is 2.19. The van der Waals surface area contributed by atoms with Crippen molar-refractivity contribution in [3.05, 3.63) is 0 Å². The highest BCUT2D eigenvalue weighted by atomic mass is 32.2. The van der Waals surface area contributed by atoms with Crippen molar-refractivity contribution < 1.29 is 18.9 Å².